The van der Waals surface area contributed by atoms with Crippen molar-refractivity contribution in [3.63, 3.8) is 0 Å². The van der Waals surface area contributed by atoms with Crippen LogP contribution in [0.15, 0.2) is 53.4 Å². The van der Waals surface area contributed by atoms with Gasteiger partial charge < -0.3 is 10.2 Å². The lowest BCUT2D eigenvalue weighted by molar-refractivity contribution is -0.115. The van der Waals surface area contributed by atoms with Gasteiger partial charge in [-0.15, -0.1) is 0 Å². The number of nitrogens with one attached hydrogen (secondary N) is 1. The zero-order valence-corrected chi connectivity index (χ0v) is 15.4. The molecule has 2 aliphatic heterocycles. The average molecular weight is 371 g/mol. The zero-order valence-electron chi connectivity index (χ0n) is 14.6. The Labute approximate surface area is 153 Å². The van der Waals surface area contributed by atoms with Crippen LogP contribution in [-0.4, -0.2) is 44.3 Å². The topological polar surface area (TPSA) is 69.7 Å². The van der Waals surface area contributed by atoms with Crippen molar-refractivity contribution in [3.8, 4) is 0 Å². The minimum absolute atomic E-state index is 0.0820. The van der Waals surface area contributed by atoms with Crippen LogP contribution in [0.2, 0.25) is 0 Å². The van der Waals surface area contributed by atoms with Crippen LogP contribution in [0.3, 0.4) is 0 Å². The van der Waals surface area contributed by atoms with Gasteiger partial charge in [-0.25, -0.2) is 8.42 Å². The number of amides is 1. The third-order valence-electron chi connectivity index (χ3n) is 5.02. The molecule has 0 saturated carbocycles. The molecule has 2 heterocycles. The number of rotatable bonds is 3. The normalized spacial score (nSPS) is 20.7. The quantitative estimate of drug-likeness (QED) is 0.897. The van der Waals surface area contributed by atoms with Crippen LogP contribution in [0.25, 0.3) is 0 Å². The lowest BCUT2D eigenvalue weighted by Gasteiger charge is -2.40. The Balaban J connectivity index is 1.55. The van der Waals surface area contributed by atoms with Gasteiger partial charge in [0.1, 0.15) is 0 Å². The summed E-state index contributed by atoms with van der Waals surface area (Å²) < 4.78 is 27.7. The van der Waals surface area contributed by atoms with E-state index in [0.717, 1.165) is 11.3 Å². The first-order chi connectivity index (χ1) is 12.4. The monoisotopic (exact) mass is 371 g/mol. The molecular weight excluding hydrogens is 350 g/mol. The number of benzene rings is 2. The van der Waals surface area contributed by atoms with Crippen LogP contribution in [0, 0.1) is 0 Å². The third kappa shape index (κ3) is 2.97. The SMILES string of the molecule is CC1CN(S(=O)(=O)c2ccc3c(c2)CC(=O)N3)CCN1c1ccccc1. The van der Waals surface area contributed by atoms with Gasteiger partial charge in [-0.2, -0.15) is 4.31 Å². The van der Waals surface area contributed by atoms with E-state index in [9.17, 15) is 13.2 Å². The second-order valence-electron chi connectivity index (χ2n) is 6.78. The number of nitrogens with zero attached hydrogens (tertiary/aromatic N) is 2. The average Bonchev–Trinajstić information content (AvgIpc) is 3.01. The summed E-state index contributed by atoms with van der Waals surface area (Å²) in [7, 11) is -3.57. The molecule has 0 radical (unpaired) electrons. The van der Waals surface area contributed by atoms with E-state index in [1.807, 2.05) is 37.3 Å². The van der Waals surface area contributed by atoms with Crippen LogP contribution >= 0.6 is 0 Å². The van der Waals surface area contributed by atoms with Gasteiger partial charge in [0.15, 0.2) is 0 Å². The van der Waals surface area contributed by atoms with Gasteiger partial charge in [0.25, 0.3) is 0 Å². The summed E-state index contributed by atoms with van der Waals surface area (Å²) in [5, 5.41) is 2.73. The highest BCUT2D eigenvalue weighted by atomic mass is 32.2. The first kappa shape index (κ1) is 17.1. The fourth-order valence-corrected chi connectivity index (χ4v) is 5.22. The molecule has 0 bridgehead atoms. The van der Waals surface area contributed by atoms with E-state index < -0.39 is 10.0 Å². The molecule has 1 unspecified atom stereocenters. The number of carbonyl (C=O) groups is 1. The summed E-state index contributed by atoms with van der Waals surface area (Å²) in [6.45, 7) is 3.57. The number of para-hydroxylation sites is 1. The molecular formula is C19H21N3O3S. The van der Waals surface area contributed by atoms with E-state index in [-0.39, 0.29) is 23.3 Å². The minimum atomic E-state index is -3.57. The molecule has 1 N–H and O–H groups in total. The van der Waals surface area contributed by atoms with Crippen LogP contribution in [0.5, 0.6) is 0 Å². The predicted molar refractivity (Wildman–Crippen MR) is 101 cm³/mol. The van der Waals surface area contributed by atoms with Crippen molar-refractivity contribution >= 4 is 27.3 Å². The van der Waals surface area contributed by atoms with Gasteiger partial charge in [-0.3, -0.25) is 4.79 Å². The number of sulfonamides is 1. The highest BCUT2D eigenvalue weighted by Crippen LogP contribution is 2.29. The fourth-order valence-electron chi connectivity index (χ4n) is 3.66. The summed E-state index contributed by atoms with van der Waals surface area (Å²) in [5.41, 5.74) is 2.56. The first-order valence-corrected chi connectivity index (χ1v) is 10.1. The number of hydrogen-bond acceptors (Lipinski definition) is 4. The van der Waals surface area contributed by atoms with E-state index in [1.165, 1.54) is 0 Å². The van der Waals surface area contributed by atoms with Gasteiger partial charge >= 0.3 is 0 Å². The van der Waals surface area contributed by atoms with E-state index in [1.54, 1.807) is 22.5 Å². The molecule has 1 saturated heterocycles. The van der Waals surface area contributed by atoms with E-state index >= 15 is 0 Å². The number of piperazine rings is 1. The minimum Gasteiger partial charge on any atom is -0.366 e. The number of carbonyl (C=O) groups excluding carboxylic acids is 1. The van der Waals surface area contributed by atoms with Crippen LogP contribution < -0.4 is 10.2 Å². The van der Waals surface area contributed by atoms with Gasteiger partial charge in [0.05, 0.1) is 11.3 Å². The smallest absolute Gasteiger partial charge is 0.243 e. The Bertz CT molecular complexity index is 944. The van der Waals surface area contributed by atoms with Crippen LogP contribution in [0.4, 0.5) is 11.4 Å². The number of hydrogen-bond donors (Lipinski definition) is 1. The maximum atomic E-state index is 13.1. The summed E-state index contributed by atoms with van der Waals surface area (Å²) >= 11 is 0. The summed E-state index contributed by atoms with van der Waals surface area (Å²) in [6, 6.07) is 15.0. The summed E-state index contributed by atoms with van der Waals surface area (Å²) in [6.07, 6.45) is 0.233. The summed E-state index contributed by atoms with van der Waals surface area (Å²) in [4.78, 5) is 14.0. The number of anilines is 2. The first-order valence-electron chi connectivity index (χ1n) is 8.70. The molecule has 0 spiro atoms. The molecule has 2 aromatic rings. The Morgan fingerprint density at radius 2 is 1.85 bits per heavy atom. The van der Waals surface area contributed by atoms with Crippen LogP contribution in [-0.2, 0) is 21.2 Å². The van der Waals surface area contributed by atoms with Crippen molar-refractivity contribution in [2.24, 2.45) is 0 Å². The molecule has 2 aromatic carbocycles. The highest BCUT2D eigenvalue weighted by molar-refractivity contribution is 7.89. The predicted octanol–water partition coefficient (Wildman–Crippen LogP) is 2.08. The largest absolute Gasteiger partial charge is 0.366 e. The molecule has 4 rings (SSSR count). The van der Waals surface area contributed by atoms with Crippen molar-refractivity contribution in [2.75, 3.05) is 29.9 Å². The number of fused-ring (bicyclic) bond motifs is 1. The lowest BCUT2D eigenvalue weighted by Crippen LogP contribution is -2.53. The highest BCUT2D eigenvalue weighted by Gasteiger charge is 2.33. The van der Waals surface area contributed by atoms with Crippen molar-refractivity contribution in [2.45, 2.75) is 24.3 Å². The van der Waals surface area contributed by atoms with Crippen molar-refractivity contribution in [1.82, 2.24) is 4.31 Å². The third-order valence-corrected chi connectivity index (χ3v) is 6.88. The molecule has 0 aliphatic carbocycles. The fraction of sp³-hybridized carbons (Fsp3) is 0.316. The maximum Gasteiger partial charge on any atom is 0.243 e. The van der Waals surface area contributed by atoms with E-state index in [0.29, 0.717) is 25.3 Å². The van der Waals surface area contributed by atoms with Crippen molar-refractivity contribution < 1.29 is 13.2 Å². The van der Waals surface area contributed by atoms with Crippen molar-refractivity contribution in [1.29, 1.82) is 0 Å². The molecule has 0 aromatic heterocycles. The molecule has 1 atom stereocenters. The molecule has 1 amide bonds. The molecule has 6 nitrogen and oxygen atoms in total. The molecule has 26 heavy (non-hydrogen) atoms. The van der Waals surface area contributed by atoms with Gasteiger partial charge in [0.2, 0.25) is 15.9 Å². The van der Waals surface area contributed by atoms with E-state index in [2.05, 4.69) is 10.2 Å². The Morgan fingerprint density at radius 1 is 1.08 bits per heavy atom. The second-order valence-corrected chi connectivity index (χ2v) is 8.72. The Kier molecular flexibility index (Phi) is 4.20. The van der Waals surface area contributed by atoms with Gasteiger partial charge in [0, 0.05) is 37.1 Å². The summed E-state index contributed by atoms with van der Waals surface area (Å²) in [5.74, 6) is -0.0976. The van der Waals surface area contributed by atoms with Gasteiger partial charge in [-0.05, 0) is 42.8 Å². The maximum absolute atomic E-state index is 13.1. The zero-order chi connectivity index (χ0) is 18.3. The van der Waals surface area contributed by atoms with Crippen molar-refractivity contribution in [3.05, 3.63) is 54.1 Å². The lowest BCUT2D eigenvalue weighted by atomic mass is 10.2. The standard InChI is InChI=1S/C19H21N3O3S/c1-14-13-21(9-10-22(14)16-5-3-2-4-6-16)26(24,25)17-7-8-18-15(11-17)12-19(23)20-18/h2-8,11,14H,9-10,12-13H2,1H3,(H,20,23). The molecule has 2 aliphatic rings. The second kappa shape index (κ2) is 6.41. The Morgan fingerprint density at radius 3 is 2.58 bits per heavy atom. The Hall–Kier alpha value is -2.38. The molecule has 136 valence electrons. The van der Waals surface area contributed by atoms with Gasteiger partial charge in [-0.1, -0.05) is 18.2 Å². The van der Waals surface area contributed by atoms with E-state index in [4.69, 9.17) is 0 Å². The molecule has 1 fully saturated rings. The molecule has 7 heteroatoms. The van der Waals surface area contributed by atoms with Crippen LogP contribution in [0.1, 0.15) is 12.5 Å².